The Morgan fingerprint density at radius 2 is 2.11 bits per heavy atom. The molecule has 0 unspecified atom stereocenters. The van der Waals surface area contributed by atoms with Crippen molar-refractivity contribution >= 4 is 34.9 Å². The number of halogens is 3. The summed E-state index contributed by atoms with van der Waals surface area (Å²) in [5, 5.41) is 12.7. The van der Waals surface area contributed by atoms with E-state index in [9.17, 15) is 23.5 Å². The molecule has 36 heavy (non-hydrogen) atoms. The van der Waals surface area contributed by atoms with Crippen LogP contribution in [0.4, 0.5) is 30.8 Å². The number of ether oxygens (including phenoxy) is 1. The molecule has 1 amide bonds. The van der Waals surface area contributed by atoms with Crippen LogP contribution in [0, 0.1) is 19.8 Å². The summed E-state index contributed by atoms with van der Waals surface area (Å²) in [6, 6.07) is 4.27. The van der Waals surface area contributed by atoms with Gasteiger partial charge in [-0.1, -0.05) is 11.6 Å². The summed E-state index contributed by atoms with van der Waals surface area (Å²) >= 11 is 6.26. The van der Waals surface area contributed by atoms with Crippen LogP contribution >= 0.6 is 11.6 Å². The molecule has 190 valence electrons. The molecule has 3 heterocycles. The molecule has 1 fully saturated rings. The Hall–Kier alpha value is -3.80. The summed E-state index contributed by atoms with van der Waals surface area (Å²) in [5.41, 5.74) is 0.854. The zero-order chi connectivity index (χ0) is 26.0. The van der Waals surface area contributed by atoms with Gasteiger partial charge in [-0.25, -0.2) is 14.8 Å². The number of amides is 1. The van der Waals surface area contributed by atoms with Gasteiger partial charge in [0.25, 0.3) is 5.56 Å². The van der Waals surface area contributed by atoms with Gasteiger partial charge in [0, 0.05) is 18.0 Å². The fourth-order valence-electron chi connectivity index (χ4n) is 3.89. The number of anilines is 3. The Bertz CT molecular complexity index is 1320. The van der Waals surface area contributed by atoms with Gasteiger partial charge in [0.2, 0.25) is 5.88 Å². The van der Waals surface area contributed by atoms with Gasteiger partial charge in [-0.05, 0) is 50.8 Å². The number of nitrogens with zero attached hydrogens (tertiary/aromatic N) is 5. The van der Waals surface area contributed by atoms with Crippen molar-refractivity contribution in [2.24, 2.45) is 5.92 Å². The van der Waals surface area contributed by atoms with E-state index in [1.54, 1.807) is 26.0 Å². The standard InChI is InChI=1S/C23H23ClF2N6O4/c1-12-8-16(13(2)28-20(12)36-22(25)26)29-19-21(33)32(11-18(24)30-19)17(14-5-6-14)10-31(23(34)35)15-4-3-7-27-9-15/h3-4,7-9,11,14,17,22H,5-6,10H2,1-2H3,(H,29,30)(H,34,35)/t17-/m1/s1. The number of nitrogens with one attached hydrogen (secondary N) is 1. The molecular weight excluding hydrogens is 498 g/mol. The van der Waals surface area contributed by atoms with Crippen LogP contribution in [0.2, 0.25) is 5.15 Å². The van der Waals surface area contributed by atoms with Crippen molar-refractivity contribution in [3.8, 4) is 5.88 Å². The number of pyridine rings is 2. The molecule has 13 heteroatoms. The summed E-state index contributed by atoms with van der Waals surface area (Å²) in [6.45, 7) is 0.0910. The minimum Gasteiger partial charge on any atom is -0.465 e. The molecule has 1 aliphatic carbocycles. The third-order valence-electron chi connectivity index (χ3n) is 5.79. The number of aromatic nitrogens is 4. The second-order valence-electron chi connectivity index (χ2n) is 8.38. The van der Waals surface area contributed by atoms with E-state index in [0.29, 0.717) is 22.6 Å². The van der Waals surface area contributed by atoms with Crippen LogP contribution < -0.4 is 20.5 Å². The van der Waals surface area contributed by atoms with Crippen LogP contribution in [0.3, 0.4) is 0 Å². The lowest BCUT2D eigenvalue weighted by molar-refractivity contribution is -0.0533. The number of aryl methyl sites for hydroxylation is 2. The van der Waals surface area contributed by atoms with E-state index in [1.807, 2.05) is 0 Å². The van der Waals surface area contributed by atoms with E-state index in [2.05, 4.69) is 25.0 Å². The molecule has 1 atom stereocenters. The van der Waals surface area contributed by atoms with Crippen LogP contribution in [0.1, 0.15) is 30.1 Å². The summed E-state index contributed by atoms with van der Waals surface area (Å²) in [4.78, 5) is 38.8. The monoisotopic (exact) mass is 520 g/mol. The topological polar surface area (TPSA) is 122 Å². The van der Waals surface area contributed by atoms with Gasteiger partial charge in [-0.3, -0.25) is 14.7 Å². The smallest absolute Gasteiger partial charge is 0.411 e. The minimum absolute atomic E-state index is 0.00470. The highest BCUT2D eigenvalue weighted by molar-refractivity contribution is 6.29. The van der Waals surface area contributed by atoms with Gasteiger partial charge in [-0.2, -0.15) is 8.78 Å². The minimum atomic E-state index is -3.02. The lowest BCUT2D eigenvalue weighted by Gasteiger charge is -2.27. The molecule has 0 radical (unpaired) electrons. The SMILES string of the molecule is Cc1cc(Nc2nc(Cl)cn([C@H](CN(C(=O)O)c3cccnc3)C3CC3)c2=O)c(C)nc1OC(F)F. The van der Waals surface area contributed by atoms with E-state index >= 15 is 0 Å². The predicted octanol–water partition coefficient (Wildman–Crippen LogP) is 4.78. The maximum atomic E-state index is 13.5. The molecular formula is C23H23ClF2N6O4. The Balaban J connectivity index is 1.68. The molecule has 1 aliphatic rings. The van der Waals surface area contributed by atoms with Crippen LogP contribution in [-0.4, -0.2) is 43.9 Å². The highest BCUT2D eigenvalue weighted by Gasteiger charge is 2.36. The summed E-state index contributed by atoms with van der Waals surface area (Å²) < 4.78 is 31.1. The van der Waals surface area contributed by atoms with Gasteiger partial charge in [-0.15, -0.1) is 0 Å². The fourth-order valence-corrected chi connectivity index (χ4v) is 4.08. The summed E-state index contributed by atoms with van der Waals surface area (Å²) in [5.74, 6) is -0.255. The Labute approximate surface area is 209 Å². The lowest BCUT2D eigenvalue weighted by Crippen LogP contribution is -2.39. The molecule has 0 saturated heterocycles. The quantitative estimate of drug-likeness (QED) is 0.413. The van der Waals surface area contributed by atoms with E-state index in [1.165, 1.54) is 29.2 Å². The average molecular weight is 521 g/mol. The van der Waals surface area contributed by atoms with Crippen LogP contribution in [0.15, 0.2) is 41.6 Å². The van der Waals surface area contributed by atoms with Crippen LogP contribution in [-0.2, 0) is 0 Å². The summed E-state index contributed by atoms with van der Waals surface area (Å²) in [6.07, 6.45) is 4.84. The number of alkyl halides is 2. The molecule has 2 N–H and O–H groups in total. The van der Waals surface area contributed by atoms with Crippen molar-refractivity contribution in [1.29, 1.82) is 0 Å². The average Bonchev–Trinajstić information content (AvgIpc) is 3.65. The third kappa shape index (κ3) is 5.70. The van der Waals surface area contributed by atoms with Crippen molar-refractivity contribution < 1.29 is 23.4 Å². The second-order valence-corrected chi connectivity index (χ2v) is 8.77. The molecule has 1 saturated carbocycles. The first kappa shape index (κ1) is 25.3. The van der Waals surface area contributed by atoms with Crippen molar-refractivity contribution in [2.45, 2.75) is 39.3 Å². The van der Waals surface area contributed by atoms with Crippen LogP contribution in [0.5, 0.6) is 5.88 Å². The Morgan fingerprint density at radius 1 is 1.36 bits per heavy atom. The van der Waals surface area contributed by atoms with E-state index in [4.69, 9.17) is 11.6 Å². The second kappa shape index (κ2) is 10.4. The zero-order valence-corrected chi connectivity index (χ0v) is 20.1. The van der Waals surface area contributed by atoms with Crippen molar-refractivity contribution in [1.82, 2.24) is 19.5 Å². The number of carbonyl (C=O) groups is 1. The highest BCUT2D eigenvalue weighted by Crippen LogP contribution is 2.40. The van der Waals surface area contributed by atoms with E-state index in [-0.39, 0.29) is 29.3 Å². The van der Waals surface area contributed by atoms with E-state index < -0.39 is 24.3 Å². The zero-order valence-electron chi connectivity index (χ0n) is 19.4. The molecule has 10 nitrogen and oxygen atoms in total. The number of hydrogen-bond donors (Lipinski definition) is 2. The molecule has 0 spiro atoms. The van der Waals surface area contributed by atoms with Gasteiger partial charge >= 0.3 is 12.7 Å². The van der Waals surface area contributed by atoms with E-state index in [0.717, 1.165) is 17.7 Å². The molecule has 0 bridgehead atoms. The van der Waals surface area contributed by atoms with Crippen molar-refractivity contribution in [3.63, 3.8) is 0 Å². The van der Waals surface area contributed by atoms with Crippen molar-refractivity contribution in [3.05, 3.63) is 63.6 Å². The number of hydrogen-bond acceptors (Lipinski definition) is 7. The normalized spacial score (nSPS) is 13.9. The van der Waals surface area contributed by atoms with Crippen molar-refractivity contribution in [2.75, 3.05) is 16.8 Å². The molecule has 3 aromatic rings. The molecule has 3 aromatic heterocycles. The maximum Gasteiger partial charge on any atom is 0.411 e. The first-order chi connectivity index (χ1) is 17.1. The third-order valence-corrected chi connectivity index (χ3v) is 5.98. The Morgan fingerprint density at radius 3 is 2.72 bits per heavy atom. The largest absolute Gasteiger partial charge is 0.465 e. The van der Waals surface area contributed by atoms with Gasteiger partial charge < -0.3 is 19.7 Å². The highest BCUT2D eigenvalue weighted by atomic mass is 35.5. The molecule has 0 aromatic carbocycles. The fraction of sp³-hybridized carbons (Fsp3) is 0.348. The first-order valence-corrected chi connectivity index (χ1v) is 11.4. The number of rotatable bonds is 9. The Kier molecular flexibility index (Phi) is 7.34. The van der Waals surface area contributed by atoms with Gasteiger partial charge in [0.15, 0.2) is 5.82 Å². The maximum absolute atomic E-state index is 13.5. The lowest BCUT2D eigenvalue weighted by atomic mass is 10.1. The van der Waals surface area contributed by atoms with Gasteiger partial charge in [0.1, 0.15) is 5.15 Å². The predicted molar refractivity (Wildman–Crippen MR) is 129 cm³/mol. The van der Waals surface area contributed by atoms with Crippen LogP contribution in [0.25, 0.3) is 0 Å². The first-order valence-electron chi connectivity index (χ1n) is 11.0. The molecule has 0 aliphatic heterocycles. The molecule has 4 rings (SSSR count). The van der Waals surface area contributed by atoms with Gasteiger partial charge in [0.05, 0.1) is 35.9 Å². The summed E-state index contributed by atoms with van der Waals surface area (Å²) in [7, 11) is 0. The number of carboxylic acid groups (broad SMARTS) is 1.